The number of carbonyl (C=O) groups is 2. The van der Waals surface area contributed by atoms with E-state index in [9.17, 15) is 9.59 Å². The van der Waals surface area contributed by atoms with Gasteiger partial charge in [0.1, 0.15) is 0 Å². The zero-order valence-electron chi connectivity index (χ0n) is 15.1. The maximum atomic E-state index is 12.3. The third-order valence-electron chi connectivity index (χ3n) is 6.38. The van der Waals surface area contributed by atoms with Gasteiger partial charge < -0.3 is 10.1 Å². The first-order valence-corrected chi connectivity index (χ1v) is 10.1. The Morgan fingerprint density at radius 3 is 2.33 bits per heavy atom. The van der Waals surface area contributed by atoms with Crippen LogP contribution in [0.5, 0.6) is 0 Å². The van der Waals surface area contributed by atoms with Gasteiger partial charge in [-0.05, 0) is 68.6 Å². The van der Waals surface area contributed by atoms with E-state index in [2.05, 4.69) is 35.1 Å². The molecule has 3 atom stereocenters. The molecule has 0 unspecified atom stereocenters. The number of alkyl halides is 1. The molecule has 0 aromatic heterocycles. The molecule has 5 heteroatoms. The minimum atomic E-state index is -0.208. The molecular formula is C19H30BrNO3. The number of ether oxygens (including phenoxy) is 1. The summed E-state index contributed by atoms with van der Waals surface area (Å²) in [6, 6.07) is 0.0904. The Bertz CT molecular complexity index is 505. The number of halogens is 1. The van der Waals surface area contributed by atoms with Crippen molar-refractivity contribution in [3.05, 3.63) is 0 Å². The fourth-order valence-corrected chi connectivity index (χ4v) is 7.02. The topological polar surface area (TPSA) is 55.4 Å². The second kappa shape index (κ2) is 6.62. The van der Waals surface area contributed by atoms with Crippen LogP contribution < -0.4 is 5.32 Å². The molecule has 4 fully saturated rings. The van der Waals surface area contributed by atoms with Gasteiger partial charge in [-0.2, -0.15) is 0 Å². The van der Waals surface area contributed by atoms with Crippen LogP contribution in [0.4, 0.5) is 0 Å². The zero-order chi connectivity index (χ0) is 17.5. The van der Waals surface area contributed by atoms with E-state index in [1.807, 2.05) is 6.92 Å². The second-order valence-corrected chi connectivity index (χ2v) is 10.7. The van der Waals surface area contributed by atoms with E-state index in [1.165, 1.54) is 19.3 Å². The first-order chi connectivity index (χ1) is 11.2. The van der Waals surface area contributed by atoms with Gasteiger partial charge in [0.15, 0.2) is 6.61 Å². The molecule has 1 N–H and O–H groups in total. The van der Waals surface area contributed by atoms with Crippen LogP contribution in [0.3, 0.4) is 0 Å². The Kier molecular flexibility index (Phi) is 5.03. The maximum absolute atomic E-state index is 12.3. The van der Waals surface area contributed by atoms with Gasteiger partial charge in [-0.25, -0.2) is 0 Å². The third-order valence-corrected chi connectivity index (χ3v) is 7.31. The minimum absolute atomic E-state index is 0.0904. The maximum Gasteiger partial charge on any atom is 0.306 e. The summed E-state index contributed by atoms with van der Waals surface area (Å²) in [5, 5.41) is 2.88. The highest BCUT2D eigenvalue weighted by Crippen LogP contribution is 2.65. The highest BCUT2D eigenvalue weighted by Gasteiger charge is 2.57. The highest BCUT2D eigenvalue weighted by atomic mass is 79.9. The summed E-state index contributed by atoms with van der Waals surface area (Å²) in [5.41, 5.74) is 0.104. The van der Waals surface area contributed by atoms with Gasteiger partial charge in [0.05, 0.1) is 6.42 Å². The van der Waals surface area contributed by atoms with Crippen LogP contribution in [0.2, 0.25) is 0 Å². The fraction of sp³-hybridized carbons (Fsp3) is 0.895. The van der Waals surface area contributed by atoms with E-state index in [4.69, 9.17) is 4.74 Å². The van der Waals surface area contributed by atoms with Crippen LogP contribution in [0.1, 0.15) is 65.7 Å². The molecule has 0 aromatic rings. The molecule has 1 amide bonds. The lowest BCUT2D eigenvalue weighted by atomic mass is 9.49. The molecule has 0 spiro atoms. The van der Waals surface area contributed by atoms with Crippen molar-refractivity contribution in [1.82, 2.24) is 5.32 Å². The van der Waals surface area contributed by atoms with Gasteiger partial charge in [0, 0.05) is 10.4 Å². The normalized spacial score (nSPS) is 38.2. The van der Waals surface area contributed by atoms with Gasteiger partial charge in [0.2, 0.25) is 0 Å². The summed E-state index contributed by atoms with van der Waals surface area (Å²) in [6.07, 6.45) is 7.72. The van der Waals surface area contributed by atoms with Crippen molar-refractivity contribution in [2.45, 2.75) is 76.1 Å². The Labute approximate surface area is 153 Å². The summed E-state index contributed by atoms with van der Waals surface area (Å²) < 4.78 is 5.54. The van der Waals surface area contributed by atoms with Crippen molar-refractivity contribution >= 4 is 27.8 Å². The molecule has 0 heterocycles. The van der Waals surface area contributed by atoms with Gasteiger partial charge in [0.25, 0.3) is 5.91 Å². The number of hydrogen-bond acceptors (Lipinski definition) is 3. The molecule has 4 nitrogen and oxygen atoms in total. The van der Waals surface area contributed by atoms with E-state index in [0.29, 0.717) is 12.3 Å². The summed E-state index contributed by atoms with van der Waals surface area (Å²) >= 11 is 3.97. The lowest BCUT2D eigenvalue weighted by Crippen LogP contribution is -2.53. The second-order valence-electron chi connectivity index (χ2n) is 9.05. The zero-order valence-corrected chi connectivity index (χ0v) is 16.7. The summed E-state index contributed by atoms with van der Waals surface area (Å²) in [6.45, 7) is 5.92. The van der Waals surface area contributed by atoms with Crippen LogP contribution in [0.15, 0.2) is 0 Å². The van der Waals surface area contributed by atoms with Crippen molar-refractivity contribution < 1.29 is 14.3 Å². The van der Waals surface area contributed by atoms with Crippen LogP contribution in [0.25, 0.3) is 0 Å². The molecule has 4 saturated carbocycles. The quantitative estimate of drug-likeness (QED) is 0.545. The van der Waals surface area contributed by atoms with Gasteiger partial charge in [-0.3, -0.25) is 9.59 Å². The van der Waals surface area contributed by atoms with Gasteiger partial charge in [-0.15, -0.1) is 0 Å². The number of esters is 1. The van der Waals surface area contributed by atoms with E-state index in [-0.39, 0.29) is 34.3 Å². The third kappa shape index (κ3) is 3.97. The highest BCUT2D eigenvalue weighted by molar-refractivity contribution is 9.10. The van der Waals surface area contributed by atoms with Gasteiger partial charge >= 0.3 is 5.97 Å². The summed E-state index contributed by atoms with van der Waals surface area (Å²) in [7, 11) is 0. The molecule has 24 heavy (non-hydrogen) atoms. The van der Waals surface area contributed by atoms with Crippen LogP contribution in [0, 0.1) is 23.2 Å². The molecule has 0 aromatic carbocycles. The van der Waals surface area contributed by atoms with Crippen molar-refractivity contribution in [1.29, 1.82) is 0 Å². The monoisotopic (exact) mass is 399 g/mol. The first-order valence-electron chi connectivity index (χ1n) is 9.33. The average molecular weight is 400 g/mol. The number of rotatable bonds is 6. The van der Waals surface area contributed by atoms with Crippen molar-refractivity contribution in [3.63, 3.8) is 0 Å². The van der Waals surface area contributed by atoms with Gasteiger partial charge in [-0.1, -0.05) is 29.8 Å². The Morgan fingerprint density at radius 1 is 1.17 bits per heavy atom. The Morgan fingerprint density at radius 2 is 1.79 bits per heavy atom. The standard InChI is InChI=1S/C19H30BrNO3/c1-12(2)13(3)21-16(22)10-24-17(23)9-18-5-14-4-15(6-18)8-19(20,7-14)11-18/h12-15H,4-11H2,1-3H3,(H,21,22)/t13-,14-,15-,18?,19?/m0/s1. The fourth-order valence-electron chi connectivity index (χ4n) is 5.51. The van der Waals surface area contributed by atoms with E-state index >= 15 is 0 Å². The smallest absolute Gasteiger partial charge is 0.306 e. The van der Waals surface area contributed by atoms with E-state index in [0.717, 1.165) is 31.1 Å². The summed E-state index contributed by atoms with van der Waals surface area (Å²) in [4.78, 5) is 24.2. The van der Waals surface area contributed by atoms with Crippen LogP contribution in [-0.4, -0.2) is 28.8 Å². The average Bonchev–Trinajstić information content (AvgIpc) is 2.41. The molecule has 0 saturated heterocycles. The molecule has 4 bridgehead atoms. The number of nitrogens with one attached hydrogen (secondary N) is 1. The largest absolute Gasteiger partial charge is 0.456 e. The molecule has 4 aliphatic carbocycles. The first kappa shape index (κ1) is 18.2. The number of carbonyl (C=O) groups excluding carboxylic acids is 2. The van der Waals surface area contributed by atoms with Crippen molar-refractivity contribution in [2.75, 3.05) is 6.61 Å². The number of hydrogen-bond donors (Lipinski definition) is 1. The molecule has 0 radical (unpaired) electrons. The SMILES string of the molecule is CC(C)[C@H](C)NC(=O)COC(=O)CC12C[C@@H]3C[C@H](CC(Br)(C3)C1)C2. The Balaban J connectivity index is 1.50. The van der Waals surface area contributed by atoms with Crippen molar-refractivity contribution in [2.24, 2.45) is 23.2 Å². The number of amides is 1. The molecule has 4 aliphatic rings. The lowest BCUT2D eigenvalue weighted by Gasteiger charge is -2.60. The summed E-state index contributed by atoms with van der Waals surface area (Å²) in [5.74, 6) is 1.47. The van der Waals surface area contributed by atoms with E-state index in [1.54, 1.807) is 0 Å². The molecular weight excluding hydrogens is 370 g/mol. The predicted octanol–water partition coefficient (Wildman–Crippen LogP) is 3.81. The molecule has 4 rings (SSSR count). The minimum Gasteiger partial charge on any atom is -0.456 e. The lowest BCUT2D eigenvalue weighted by molar-refractivity contribution is -0.154. The molecule has 136 valence electrons. The van der Waals surface area contributed by atoms with Crippen LogP contribution >= 0.6 is 15.9 Å². The van der Waals surface area contributed by atoms with E-state index < -0.39 is 0 Å². The van der Waals surface area contributed by atoms with Crippen molar-refractivity contribution in [3.8, 4) is 0 Å². The van der Waals surface area contributed by atoms with Crippen LogP contribution in [-0.2, 0) is 14.3 Å². The molecule has 0 aliphatic heterocycles. The Hall–Kier alpha value is -0.580. The predicted molar refractivity (Wildman–Crippen MR) is 96.8 cm³/mol.